The van der Waals surface area contributed by atoms with E-state index in [0.717, 1.165) is 18.8 Å². The van der Waals surface area contributed by atoms with Gasteiger partial charge in [0.15, 0.2) is 0 Å². The van der Waals surface area contributed by atoms with Gasteiger partial charge in [-0.3, -0.25) is 0 Å². The van der Waals surface area contributed by atoms with E-state index in [2.05, 4.69) is 0 Å². The van der Waals surface area contributed by atoms with Gasteiger partial charge < -0.3 is 14.6 Å². The lowest BCUT2D eigenvalue weighted by molar-refractivity contribution is 0.0499. The molecule has 3 heteroatoms. The van der Waals surface area contributed by atoms with Crippen molar-refractivity contribution in [2.75, 3.05) is 19.8 Å². The van der Waals surface area contributed by atoms with Crippen LogP contribution in [-0.2, 0) is 4.74 Å². The van der Waals surface area contributed by atoms with E-state index >= 15 is 0 Å². The largest absolute Gasteiger partial charge is 0.491 e. The zero-order valence-electron chi connectivity index (χ0n) is 8.63. The molecular formula is C12H16O3. The number of para-hydroxylation sites is 1. The molecule has 1 heterocycles. The Balaban J connectivity index is 1.77. The fraction of sp³-hybridized carbons (Fsp3) is 0.500. The Morgan fingerprint density at radius 1 is 1.40 bits per heavy atom. The zero-order chi connectivity index (χ0) is 10.5. The number of aliphatic hydroxyl groups excluding tert-OH is 1. The van der Waals surface area contributed by atoms with Crippen LogP contribution in [-0.4, -0.2) is 31.0 Å². The summed E-state index contributed by atoms with van der Waals surface area (Å²) in [6.45, 7) is 1.75. The van der Waals surface area contributed by atoms with Crippen molar-refractivity contribution in [2.24, 2.45) is 5.92 Å². The van der Waals surface area contributed by atoms with Crippen LogP contribution in [0.25, 0.3) is 0 Å². The van der Waals surface area contributed by atoms with Crippen LogP contribution in [0.2, 0.25) is 0 Å². The molecule has 0 aliphatic carbocycles. The van der Waals surface area contributed by atoms with Crippen molar-refractivity contribution in [2.45, 2.75) is 12.5 Å². The highest BCUT2D eigenvalue weighted by Crippen LogP contribution is 2.18. The van der Waals surface area contributed by atoms with Crippen LogP contribution in [0.1, 0.15) is 6.42 Å². The highest BCUT2D eigenvalue weighted by molar-refractivity contribution is 5.20. The first-order chi connectivity index (χ1) is 7.36. The van der Waals surface area contributed by atoms with Crippen molar-refractivity contribution in [3.8, 4) is 5.75 Å². The summed E-state index contributed by atoms with van der Waals surface area (Å²) < 4.78 is 10.7. The molecule has 0 saturated carbocycles. The Morgan fingerprint density at radius 2 is 2.20 bits per heavy atom. The van der Waals surface area contributed by atoms with Gasteiger partial charge in [-0.1, -0.05) is 18.2 Å². The lowest BCUT2D eigenvalue weighted by atomic mass is 10.0. The third-order valence-corrected chi connectivity index (χ3v) is 2.67. The van der Waals surface area contributed by atoms with Gasteiger partial charge in [0.1, 0.15) is 12.4 Å². The fourth-order valence-electron chi connectivity index (χ4n) is 1.69. The molecule has 1 aromatic carbocycles. The molecule has 0 spiro atoms. The quantitative estimate of drug-likeness (QED) is 0.814. The average Bonchev–Trinajstić information content (AvgIpc) is 2.81. The molecule has 1 aliphatic heterocycles. The molecule has 82 valence electrons. The molecule has 15 heavy (non-hydrogen) atoms. The number of hydrogen-bond donors (Lipinski definition) is 1. The van der Waals surface area contributed by atoms with Crippen LogP contribution < -0.4 is 4.74 Å². The van der Waals surface area contributed by atoms with E-state index < -0.39 is 6.10 Å². The van der Waals surface area contributed by atoms with Crippen molar-refractivity contribution < 1.29 is 14.6 Å². The second-order valence-corrected chi connectivity index (χ2v) is 3.82. The van der Waals surface area contributed by atoms with Crippen LogP contribution in [0.3, 0.4) is 0 Å². The lowest BCUT2D eigenvalue weighted by Crippen LogP contribution is -2.27. The molecular weight excluding hydrogens is 192 g/mol. The van der Waals surface area contributed by atoms with Crippen molar-refractivity contribution in [1.29, 1.82) is 0 Å². The monoisotopic (exact) mass is 208 g/mol. The van der Waals surface area contributed by atoms with Gasteiger partial charge in [-0.05, 0) is 18.6 Å². The molecule has 0 aromatic heterocycles. The van der Waals surface area contributed by atoms with Gasteiger partial charge in [0.25, 0.3) is 0 Å². The first kappa shape index (κ1) is 10.5. The Hall–Kier alpha value is -1.06. The van der Waals surface area contributed by atoms with E-state index in [-0.39, 0.29) is 5.92 Å². The van der Waals surface area contributed by atoms with Crippen LogP contribution in [0, 0.1) is 5.92 Å². The normalized spacial score (nSPS) is 22.6. The molecule has 3 nitrogen and oxygen atoms in total. The van der Waals surface area contributed by atoms with Gasteiger partial charge in [0.2, 0.25) is 0 Å². The molecule has 0 radical (unpaired) electrons. The number of hydrogen-bond acceptors (Lipinski definition) is 3. The minimum absolute atomic E-state index is 0.230. The second-order valence-electron chi connectivity index (χ2n) is 3.82. The van der Waals surface area contributed by atoms with Gasteiger partial charge in [-0.2, -0.15) is 0 Å². The maximum Gasteiger partial charge on any atom is 0.119 e. The van der Waals surface area contributed by atoms with Crippen LogP contribution >= 0.6 is 0 Å². The van der Waals surface area contributed by atoms with E-state index in [9.17, 15) is 5.11 Å². The summed E-state index contributed by atoms with van der Waals surface area (Å²) in [5.74, 6) is 1.03. The van der Waals surface area contributed by atoms with Crippen molar-refractivity contribution in [1.82, 2.24) is 0 Å². The third-order valence-electron chi connectivity index (χ3n) is 2.67. The van der Waals surface area contributed by atoms with E-state index in [1.54, 1.807) is 0 Å². The van der Waals surface area contributed by atoms with E-state index in [0.29, 0.717) is 13.2 Å². The summed E-state index contributed by atoms with van der Waals surface area (Å²) in [5, 5.41) is 9.81. The summed E-state index contributed by atoms with van der Waals surface area (Å²) in [6.07, 6.45) is 0.506. The van der Waals surface area contributed by atoms with Crippen LogP contribution in [0.4, 0.5) is 0 Å². The third kappa shape index (κ3) is 2.94. The number of ether oxygens (including phenoxy) is 2. The van der Waals surface area contributed by atoms with Gasteiger partial charge in [-0.15, -0.1) is 0 Å². The molecule has 1 aliphatic rings. The van der Waals surface area contributed by atoms with E-state index in [1.165, 1.54) is 0 Å². The Labute approximate surface area is 89.6 Å². The predicted molar refractivity (Wildman–Crippen MR) is 56.9 cm³/mol. The molecule has 1 N–H and O–H groups in total. The van der Waals surface area contributed by atoms with Crippen molar-refractivity contribution in [3.63, 3.8) is 0 Å². The molecule has 1 saturated heterocycles. The zero-order valence-corrected chi connectivity index (χ0v) is 8.63. The SMILES string of the molecule is OC(COc1ccccc1)C1CCOC1. The first-order valence-electron chi connectivity index (χ1n) is 5.30. The highest BCUT2D eigenvalue weighted by Gasteiger charge is 2.24. The summed E-state index contributed by atoms with van der Waals surface area (Å²) in [4.78, 5) is 0. The Morgan fingerprint density at radius 3 is 2.87 bits per heavy atom. The summed E-state index contributed by atoms with van der Waals surface area (Å²) in [5.41, 5.74) is 0. The number of rotatable bonds is 4. The van der Waals surface area contributed by atoms with Crippen LogP contribution in [0.5, 0.6) is 5.75 Å². The second kappa shape index (κ2) is 5.14. The smallest absolute Gasteiger partial charge is 0.119 e. The standard InChI is InChI=1S/C12H16O3/c13-12(10-6-7-14-8-10)9-15-11-4-2-1-3-5-11/h1-5,10,12-13H,6-9H2. The van der Waals surface area contributed by atoms with Gasteiger partial charge in [-0.25, -0.2) is 0 Å². The summed E-state index contributed by atoms with van der Waals surface area (Å²) in [7, 11) is 0. The maximum atomic E-state index is 9.81. The molecule has 1 aromatic rings. The van der Waals surface area contributed by atoms with E-state index in [4.69, 9.17) is 9.47 Å². The minimum atomic E-state index is -0.423. The average molecular weight is 208 g/mol. The van der Waals surface area contributed by atoms with Crippen LogP contribution in [0.15, 0.2) is 30.3 Å². The fourth-order valence-corrected chi connectivity index (χ4v) is 1.69. The molecule has 1 fully saturated rings. The van der Waals surface area contributed by atoms with Gasteiger partial charge in [0.05, 0.1) is 12.7 Å². The molecule has 2 rings (SSSR count). The van der Waals surface area contributed by atoms with Gasteiger partial charge >= 0.3 is 0 Å². The topological polar surface area (TPSA) is 38.7 Å². The Bertz CT molecular complexity index is 280. The van der Waals surface area contributed by atoms with E-state index in [1.807, 2.05) is 30.3 Å². The molecule has 2 atom stereocenters. The maximum absolute atomic E-state index is 9.81. The summed E-state index contributed by atoms with van der Waals surface area (Å²) in [6, 6.07) is 9.55. The molecule has 0 bridgehead atoms. The van der Waals surface area contributed by atoms with Crippen molar-refractivity contribution in [3.05, 3.63) is 30.3 Å². The Kier molecular flexibility index (Phi) is 3.59. The van der Waals surface area contributed by atoms with Gasteiger partial charge in [0, 0.05) is 12.5 Å². The molecule has 0 amide bonds. The summed E-state index contributed by atoms with van der Waals surface area (Å²) >= 11 is 0. The van der Waals surface area contributed by atoms with Crippen molar-refractivity contribution >= 4 is 0 Å². The minimum Gasteiger partial charge on any atom is -0.491 e. The lowest BCUT2D eigenvalue weighted by Gasteiger charge is -2.16. The highest BCUT2D eigenvalue weighted by atomic mass is 16.5. The molecule has 2 unspecified atom stereocenters. The number of benzene rings is 1. The first-order valence-corrected chi connectivity index (χ1v) is 5.30. The predicted octanol–water partition coefficient (Wildman–Crippen LogP) is 1.46. The number of aliphatic hydroxyl groups is 1.